The van der Waals surface area contributed by atoms with Crippen LogP contribution >= 0.6 is 0 Å². The number of carbonyl (C=O) groups excluding carboxylic acids is 3. The summed E-state index contributed by atoms with van der Waals surface area (Å²) in [4.78, 5) is 47.2. The minimum Gasteiger partial charge on any atom is -0.366 e. The monoisotopic (exact) mass is 386 g/mol. The van der Waals surface area contributed by atoms with E-state index in [-0.39, 0.29) is 24.2 Å². The van der Waals surface area contributed by atoms with Crippen molar-refractivity contribution in [3.05, 3.63) is 64.0 Å². The van der Waals surface area contributed by atoms with Gasteiger partial charge in [0.2, 0.25) is 23.5 Å². The molecule has 9 nitrogen and oxygen atoms in total. The number of hydrogen-bond donors (Lipinski definition) is 2. The summed E-state index contributed by atoms with van der Waals surface area (Å²) in [7, 11) is 0. The molecule has 1 aliphatic heterocycles. The SMILES string of the molecule is NC(=O)c1cccc(NC(=O)C2CC(=O)N(c3ccc(F)c([N+](=O)[O-])c3)C2)c1. The highest BCUT2D eigenvalue weighted by Gasteiger charge is 2.36. The Balaban J connectivity index is 1.75. The van der Waals surface area contributed by atoms with E-state index >= 15 is 0 Å². The number of nitrogens with zero attached hydrogens (tertiary/aromatic N) is 2. The van der Waals surface area contributed by atoms with Crippen molar-refractivity contribution in [3.63, 3.8) is 0 Å². The predicted molar refractivity (Wildman–Crippen MR) is 97.1 cm³/mol. The Bertz CT molecular complexity index is 994. The normalized spacial score (nSPS) is 16.1. The summed E-state index contributed by atoms with van der Waals surface area (Å²) >= 11 is 0. The third-order valence-corrected chi connectivity index (χ3v) is 4.35. The van der Waals surface area contributed by atoms with Crippen molar-refractivity contribution in [3.8, 4) is 0 Å². The van der Waals surface area contributed by atoms with Gasteiger partial charge in [-0.1, -0.05) is 6.07 Å². The topological polar surface area (TPSA) is 136 Å². The Morgan fingerprint density at radius 2 is 2.00 bits per heavy atom. The lowest BCUT2D eigenvalue weighted by molar-refractivity contribution is -0.387. The van der Waals surface area contributed by atoms with Gasteiger partial charge in [0.25, 0.3) is 0 Å². The molecule has 2 aromatic carbocycles. The first-order chi connectivity index (χ1) is 13.3. The van der Waals surface area contributed by atoms with Crippen molar-refractivity contribution < 1.29 is 23.7 Å². The number of nitro groups is 1. The van der Waals surface area contributed by atoms with Crippen molar-refractivity contribution in [2.24, 2.45) is 11.7 Å². The van der Waals surface area contributed by atoms with E-state index in [0.29, 0.717) is 5.69 Å². The Hall–Kier alpha value is -3.82. The van der Waals surface area contributed by atoms with E-state index in [9.17, 15) is 28.9 Å². The van der Waals surface area contributed by atoms with Gasteiger partial charge in [0, 0.05) is 30.3 Å². The minimum absolute atomic E-state index is 0.0109. The number of primary amides is 1. The Kier molecular flexibility index (Phi) is 5.03. The maximum absolute atomic E-state index is 13.5. The van der Waals surface area contributed by atoms with Crippen molar-refractivity contribution in [2.75, 3.05) is 16.8 Å². The Morgan fingerprint density at radius 3 is 2.68 bits per heavy atom. The lowest BCUT2D eigenvalue weighted by Crippen LogP contribution is -2.28. The number of nitrogens with two attached hydrogens (primary N) is 1. The molecule has 28 heavy (non-hydrogen) atoms. The molecule has 1 fully saturated rings. The van der Waals surface area contributed by atoms with Crippen molar-refractivity contribution in [1.29, 1.82) is 0 Å². The van der Waals surface area contributed by atoms with Crippen LogP contribution in [0.3, 0.4) is 0 Å². The highest BCUT2D eigenvalue weighted by molar-refractivity contribution is 6.04. The highest BCUT2D eigenvalue weighted by atomic mass is 19.1. The van der Waals surface area contributed by atoms with Gasteiger partial charge in [-0.25, -0.2) is 0 Å². The van der Waals surface area contributed by atoms with E-state index in [2.05, 4.69) is 5.32 Å². The summed E-state index contributed by atoms with van der Waals surface area (Å²) in [5.74, 6) is -3.23. The molecule has 0 bridgehead atoms. The molecule has 0 aliphatic carbocycles. The first kappa shape index (κ1) is 19.0. The Labute approximate surface area is 158 Å². The summed E-state index contributed by atoms with van der Waals surface area (Å²) in [5.41, 5.74) is 5.17. The largest absolute Gasteiger partial charge is 0.366 e. The number of benzene rings is 2. The summed E-state index contributed by atoms with van der Waals surface area (Å²) in [5, 5.41) is 13.5. The molecule has 10 heteroatoms. The number of halogens is 1. The van der Waals surface area contributed by atoms with Crippen LogP contribution < -0.4 is 16.0 Å². The van der Waals surface area contributed by atoms with Crippen LogP contribution in [0.5, 0.6) is 0 Å². The van der Waals surface area contributed by atoms with Crippen LogP contribution in [-0.2, 0) is 9.59 Å². The van der Waals surface area contributed by atoms with Crippen LogP contribution in [0.4, 0.5) is 21.5 Å². The zero-order valence-corrected chi connectivity index (χ0v) is 14.4. The molecular formula is C18H15FN4O5. The predicted octanol–water partition coefficient (Wildman–Crippen LogP) is 1.82. The average Bonchev–Trinajstić information content (AvgIpc) is 3.04. The van der Waals surface area contributed by atoms with Gasteiger partial charge in [-0.15, -0.1) is 0 Å². The molecule has 3 N–H and O–H groups in total. The Morgan fingerprint density at radius 1 is 1.25 bits per heavy atom. The van der Waals surface area contributed by atoms with Crippen LogP contribution in [0.1, 0.15) is 16.8 Å². The van der Waals surface area contributed by atoms with Crippen LogP contribution in [0, 0.1) is 21.8 Å². The maximum Gasteiger partial charge on any atom is 0.306 e. The van der Waals surface area contributed by atoms with E-state index in [4.69, 9.17) is 5.73 Å². The van der Waals surface area contributed by atoms with Gasteiger partial charge in [-0.05, 0) is 30.3 Å². The minimum atomic E-state index is -1.01. The van der Waals surface area contributed by atoms with Gasteiger partial charge in [0.05, 0.1) is 16.5 Å². The van der Waals surface area contributed by atoms with Gasteiger partial charge >= 0.3 is 5.69 Å². The molecular weight excluding hydrogens is 371 g/mol. The number of amides is 3. The van der Waals surface area contributed by atoms with E-state index in [1.807, 2.05) is 0 Å². The van der Waals surface area contributed by atoms with Gasteiger partial charge < -0.3 is 16.0 Å². The van der Waals surface area contributed by atoms with Gasteiger partial charge in [0.15, 0.2) is 0 Å². The number of nitrogens with one attached hydrogen (secondary N) is 1. The van der Waals surface area contributed by atoms with Gasteiger partial charge in [-0.2, -0.15) is 4.39 Å². The van der Waals surface area contributed by atoms with Gasteiger partial charge in [-0.3, -0.25) is 24.5 Å². The number of hydrogen-bond acceptors (Lipinski definition) is 5. The zero-order chi connectivity index (χ0) is 20.4. The van der Waals surface area contributed by atoms with Crippen molar-refractivity contribution in [2.45, 2.75) is 6.42 Å². The first-order valence-corrected chi connectivity index (χ1v) is 8.21. The molecule has 2 aromatic rings. The second kappa shape index (κ2) is 7.43. The standard InChI is InChI=1S/C18H15FN4O5/c19-14-5-4-13(8-15(14)23(27)28)22-9-11(7-16(22)24)18(26)21-12-3-1-2-10(6-12)17(20)25/h1-6,8,11H,7,9H2,(H2,20,25)(H,21,26). The second-order valence-electron chi connectivity index (χ2n) is 6.23. The molecule has 1 unspecified atom stereocenters. The van der Waals surface area contributed by atoms with E-state index in [0.717, 1.165) is 12.1 Å². The highest BCUT2D eigenvalue weighted by Crippen LogP contribution is 2.30. The summed E-state index contributed by atoms with van der Waals surface area (Å²) in [6.45, 7) is -0.0109. The van der Waals surface area contributed by atoms with Crippen LogP contribution in [0.15, 0.2) is 42.5 Å². The molecule has 0 aromatic heterocycles. The summed E-state index contributed by atoms with van der Waals surface area (Å²) in [6.07, 6.45) is -0.105. The second-order valence-corrected chi connectivity index (χ2v) is 6.23. The number of rotatable bonds is 5. The van der Waals surface area contributed by atoms with Crippen LogP contribution in [-0.4, -0.2) is 29.2 Å². The molecule has 0 radical (unpaired) electrons. The summed E-state index contributed by atoms with van der Waals surface area (Å²) < 4.78 is 13.5. The molecule has 0 spiro atoms. The fourth-order valence-electron chi connectivity index (χ4n) is 2.94. The maximum atomic E-state index is 13.5. The molecule has 3 rings (SSSR count). The zero-order valence-electron chi connectivity index (χ0n) is 14.4. The molecule has 0 saturated carbocycles. The average molecular weight is 386 g/mol. The van der Waals surface area contributed by atoms with Crippen molar-refractivity contribution >= 4 is 34.8 Å². The first-order valence-electron chi connectivity index (χ1n) is 8.21. The number of nitro benzene ring substituents is 1. The lowest BCUT2D eigenvalue weighted by Gasteiger charge is -2.16. The molecule has 1 atom stereocenters. The molecule has 1 aliphatic rings. The molecule has 3 amide bonds. The third-order valence-electron chi connectivity index (χ3n) is 4.35. The quantitative estimate of drug-likeness (QED) is 0.597. The van der Waals surface area contributed by atoms with Gasteiger partial charge in [0.1, 0.15) is 0 Å². The third kappa shape index (κ3) is 3.80. The van der Waals surface area contributed by atoms with E-state index in [1.54, 1.807) is 12.1 Å². The number of anilines is 2. The molecule has 1 saturated heterocycles. The smallest absolute Gasteiger partial charge is 0.306 e. The molecule has 1 heterocycles. The van der Waals surface area contributed by atoms with Crippen LogP contribution in [0.2, 0.25) is 0 Å². The summed E-state index contributed by atoms with van der Waals surface area (Å²) in [6, 6.07) is 9.16. The van der Waals surface area contributed by atoms with E-state index in [1.165, 1.54) is 23.1 Å². The molecule has 144 valence electrons. The number of carbonyl (C=O) groups is 3. The van der Waals surface area contributed by atoms with E-state index < -0.39 is 40.1 Å². The fourth-order valence-corrected chi connectivity index (χ4v) is 2.94. The van der Waals surface area contributed by atoms with Crippen molar-refractivity contribution in [1.82, 2.24) is 0 Å². The fraction of sp³-hybridized carbons (Fsp3) is 0.167. The lowest BCUT2D eigenvalue weighted by atomic mass is 10.1. The van der Waals surface area contributed by atoms with Crippen LogP contribution in [0.25, 0.3) is 0 Å².